The van der Waals surface area contributed by atoms with Gasteiger partial charge in [-0.15, -0.1) is 0 Å². The predicted molar refractivity (Wildman–Crippen MR) is 78.0 cm³/mol. The van der Waals surface area contributed by atoms with Gasteiger partial charge in [-0.3, -0.25) is 10.1 Å². The number of allylic oxidation sites excluding steroid dienone is 2. The average molecular weight is 291 g/mol. The molecule has 1 fully saturated rings. The molecule has 1 saturated heterocycles. The van der Waals surface area contributed by atoms with Crippen molar-refractivity contribution >= 4 is 29.4 Å². The van der Waals surface area contributed by atoms with E-state index in [1.165, 1.54) is 6.08 Å². The van der Waals surface area contributed by atoms with Gasteiger partial charge in [0.05, 0.1) is 6.61 Å². The van der Waals surface area contributed by atoms with Crippen LogP contribution < -0.4 is 10.1 Å². The molecular formula is C14H13NO4S. The molecular weight excluding hydrogens is 278 g/mol. The van der Waals surface area contributed by atoms with E-state index in [0.29, 0.717) is 5.75 Å². The van der Waals surface area contributed by atoms with Gasteiger partial charge in [0, 0.05) is 5.56 Å². The largest absolute Gasteiger partial charge is 0.491 e. The Morgan fingerprint density at radius 3 is 2.90 bits per heavy atom. The second-order valence-electron chi connectivity index (χ2n) is 3.84. The van der Waals surface area contributed by atoms with E-state index in [0.717, 1.165) is 5.56 Å². The van der Waals surface area contributed by atoms with Gasteiger partial charge in [-0.25, -0.2) is 0 Å². The van der Waals surface area contributed by atoms with Crippen molar-refractivity contribution in [2.75, 3.05) is 13.2 Å². The molecule has 0 unspecified atom stereocenters. The molecule has 0 radical (unpaired) electrons. The van der Waals surface area contributed by atoms with Crippen molar-refractivity contribution in [1.29, 1.82) is 0 Å². The van der Waals surface area contributed by atoms with Crippen LogP contribution in [-0.4, -0.2) is 29.4 Å². The summed E-state index contributed by atoms with van der Waals surface area (Å²) in [6.07, 6.45) is 4.97. The van der Waals surface area contributed by atoms with Gasteiger partial charge in [-0.05, 0) is 24.4 Å². The highest BCUT2D eigenvalue weighted by Gasteiger charge is 2.21. The van der Waals surface area contributed by atoms with Crippen LogP contribution in [0.3, 0.4) is 0 Å². The molecule has 2 N–H and O–H groups in total. The molecule has 6 heteroatoms. The third-order valence-corrected chi connectivity index (χ3v) is 2.62. The summed E-state index contributed by atoms with van der Waals surface area (Å²) >= 11 is 4.72. The summed E-state index contributed by atoms with van der Waals surface area (Å²) in [6.45, 7) is 0.180. The number of ether oxygens (including phenoxy) is 2. The summed E-state index contributed by atoms with van der Waals surface area (Å²) in [5, 5.41) is 11.2. The molecule has 20 heavy (non-hydrogen) atoms. The molecule has 1 amide bonds. The zero-order valence-corrected chi connectivity index (χ0v) is 11.4. The quantitative estimate of drug-likeness (QED) is 0.634. The number of aliphatic hydroxyl groups excluding tert-OH is 1. The van der Waals surface area contributed by atoms with Crippen molar-refractivity contribution in [3.8, 4) is 5.75 Å². The van der Waals surface area contributed by atoms with Crippen LogP contribution in [0.5, 0.6) is 5.75 Å². The molecule has 1 aliphatic rings. The first-order valence-corrected chi connectivity index (χ1v) is 6.36. The highest BCUT2D eigenvalue weighted by molar-refractivity contribution is 7.80. The third kappa shape index (κ3) is 3.66. The molecule has 0 saturated carbocycles. The predicted octanol–water partition coefficient (Wildman–Crippen LogP) is 1.39. The van der Waals surface area contributed by atoms with Crippen LogP contribution in [0.25, 0.3) is 6.08 Å². The Labute approximate surface area is 121 Å². The Kier molecular flexibility index (Phi) is 4.86. The van der Waals surface area contributed by atoms with Gasteiger partial charge in [0.1, 0.15) is 12.4 Å². The van der Waals surface area contributed by atoms with Gasteiger partial charge < -0.3 is 14.6 Å². The smallest absolute Gasteiger partial charge is 0.294 e. The van der Waals surface area contributed by atoms with Crippen LogP contribution in [-0.2, 0) is 9.53 Å². The second-order valence-corrected chi connectivity index (χ2v) is 4.21. The molecule has 5 nitrogen and oxygen atoms in total. The molecule has 0 aromatic heterocycles. The highest BCUT2D eigenvalue weighted by Crippen LogP contribution is 2.19. The minimum absolute atomic E-state index is 0.0481. The number of carbonyl (C=O) groups is 1. The van der Waals surface area contributed by atoms with Gasteiger partial charge in [0.2, 0.25) is 0 Å². The Morgan fingerprint density at radius 1 is 1.40 bits per heavy atom. The van der Waals surface area contributed by atoms with E-state index in [4.69, 9.17) is 26.8 Å². The molecule has 2 rings (SSSR count). The van der Waals surface area contributed by atoms with Gasteiger partial charge >= 0.3 is 0 Å². The lowest BCUT2D eigenvalue weighted by Crippen LogP contribution is -2.18. The van der Waals surface area contributed by atoms with Crippen molar-refractivity contribution in [3.63, 3.8) is 0 Å². The maximum Gasteiger partial charge on any atom is 0.294 e. The lowest BCUT2D eigenvalue weighted by molar-refractivity contribution is -0.116. The van der Waals surface area contributed by atoms with Crippen LogP contribution in [0.2, 0.25) is 0 Å². The van der Waals surface area contributed by atoms with Crippen LogP contribution in [0, 0.1) is 0 Å². The number of nitrogens with one attached hydrogen (secondary N) is 1. The van der Waals surface area contributed by atoms with Gasteiger partial charge in [-0.1, -0.05) is 30.4 Å². The van der Waals surface area contributed by atoms with Crippen LogP contribution >= 0.6 is 12.2 Å². The molecule has 1 aromatic carbocycles. The average Bonchev–Trinajstić information content (AvgIpc) is 2.76. The zero-order valence-electron chi connectivity index (χ0n) is 10.5. The standard InChI is InChI=1S/C14H13NO4S/c16-8-9-18-11-6-2-1-4-10(11)5-3-7-12-13(17)15-14(20)19-12/h1-7,16H,8-9H2,(H,15,17,20). The number of benzene rings is 1. The number of aliphatic hydroxyl groups is 1. The maximum absolute atomic E-state index is 11.4. The number of thiocarbonyl (C=S) groups is 1. The van der Waals surface area contributed by atoms with Crippen molar-refractivity contribution in [1.82, 2.24) is 5.32 Å². The van der Waals surface area contributed by atoms with Crippen LogP contribution in [0.4, 0.5) is 0 Å². The number of hydrogen-bond donors (Lipinski definition) is 2. The fourth-order valence-electron chi connectivity index (χ4n) is 1.58. The molecule has 1 heterocycles. The highest BCUT2D eigenvalue weighted by atomic mass is 32.1. The van der Waals surface area contributed by atoms with Gasteiger partial charge in [-0.2, -0.15) is 0 Å². The summed E-state index contributed by atoms with van der Waals surface area (Å²) in [5.74, 6) is 0.452. The van der Waals surface area contributed by atoms with E-state index in [9.17, 15) is 4.79 Å². The molecule has 0 bridgehead atoms. The fraction of sp³-hybridized carbons (Fsp3) is 0.143. The number of para-hydroxylation sites is 1. The molecule has 1 aromatic rings. The summed E-state index contributed by atoms with van der Waals surface area (Å²) in [4.78, 5) is 11.4. The third-order valence-electron chi connectivity index (χ3n) is 2.43. The lowest BCUT2D eigenvalue weighted by Gasteiger charge is -2.06. The Hall–Kier alpha value is -2.18. The Bertz CT molecular complexity index is 580. The number of hydrogen-bond acceptors (Lipinski definition) is 5. The van der Waals surface area contributed by atoms with E-state index in [-0.39, 0.29) is 30.1 Å². The van der Waals surface area contributed by atoms with Crippen molar-refractivity contribution in [3.05, 3.63) is 47.7 Å². The normalized spacial score (nSPS) is 16.6. The molecule has 0 spiro atoms. The van der Waals surface area contributed by atoms with E-state index in [1.807, 2.05) is 18.2 Å². The molecule has 0 atom stereocenters. The molecule has 1 aliphatic heterocycles. The number of carbonyl (C=O) groups excluding carboxylic acids is 1. The van der Waals surface area contributed by atoms with E-state index in [2.05, 4.69) is 5.32 Å². The van der Waals surface area contributed by atoms with E-state index >= 15 is 0 Å². The Morgan fingerprint density at radius 2 is 2.20 bits per heavy atom. The van der Waals surface area contributed by atoms with E-state index in [1.54, 1.807) is 18.2 Å². The summed E-state index contributed by atoms with van der Waals surface area (Å²) in [6, 6.07) is 7.37. The topological polar surface area (TPSA) is 67.8 Å². The lowest BCUT2D eigenvalue weighted by atomic mass is 10.2. The number of rotatable bonds is 5. The first-order valence-electron chi connectivity index (χ1n) is 5.95. The van der Waals surface area contributed by atoms with Crippen molar-refractivity contribution in [2.24, 2.45) is 0 Å². The molecule has 104 valence electrons. The van der Waals surface area contributed by atoms with Gasteiger partial charge in [0.25, 0.3) is 11.1 Å². The first kappa shape index (κ1) is 14.2. The summed E-state index contributed by atoms with van der Waals surface area (Å²) in [5.41, 5.74) is 0.832. The van der Waals surface area contributed by atoms with Crippen LogP contribution in [0.1, 0.15) is 5.56 Å². The van der Waals surface area contributed by atoms with E-state index < -0.39 is 0 Å². The first-order chi connectivity index (χ1) is 9.70. The fourth-order valence-corrected chi connectivity index (χ4v) is 1.76. The van der Waals surface area contributed by atoms with Crippen LogP contribution in [0.15, 0.2) is 42.2 Å². The monoisotopic (exact) mass is 291 g/mol. The minimum Gasteiger partial charge on any atom is -0.491 e. The summed E-state index contributed by atoms with van der Waals surface area (Å²) < 4.78 is 10.4. The van der Waals surface area contributed by atoms with Crippen molar-refractivity contribution < 1.29 is 19.4 Å². The van der Waals surface area contributed by atoms with Crippen molar-refractivity contribution in [2.45, 2.75) is 0 Å². The maximum atomic E-state index is 11.4. The number of amides is 1. The zero-order chi connectivity index (χ0) is 14.4. The SMILES string of the molecule is O=C1NC(=S)OC1=CC=Cc1ccccc1OCCO. The second kappa shape index (κ2) is 6.83. The summed E-state index contributed by atoms with van der Waals surface area (Å²) in [7, 11) is 0. The van der Waals surface area contributed by atoms with Gasteiger partial charge in [0.15, 0.2) is 5.76 Å². The minimum atomic E-state index is -0.357. The molecule has 0 aliphatic carbocycles. The Balaban J connectivity index is 2.10.